The Bertz CT molecular complexity index is 663. The molecule has 0 amide bonds. The number of ether oxygens (including phenoxy) is 3. The van der Waals surface area contributed by atoms with Crippen molar-refractivity contribution in [2.24, 2.45) is 5.41 Å². The molecule has 0 spiro atoms. The third-order valence-electron chi connectivity index (χ3n) is 5.86. The van der Waals surface area contributed by atoms with Crippen molar-refractivity contribution < 1.29 is 19.0 Å². The topological polar surface area (TPSA) is 48.0 Å². The van der Waals surface area contributed by atoms with Gasteiger partial charge in [-0.15, -0.1) is 0 Å². The van der Waals surface area contributed by atoms with Crippen molar-refractivity contribution in [2.45, 2.75) is 92.0 Å². The summed E-state index contributed by atoms with van der Waals surface area (Å²) in [5.41, 5.74) is 1.75. The van der Waals surface area contributed by atoms with Gasteiger partial charge in [0.15, 0.2) is 0 Å². The predicted molar refractivity (Wildman–Crippen MR) is 137 cm³/mol. The normalized spacial score (nSPS) is 13.2. The summed E-state index contributed by atoms with van der Waals surface area (Å²) in [6, 6.07) is 8.25. The summed E-state index contributed by atoms with van der Waals surface area (Å²) in [4.78, 5) is 14.3. The first-order valence-corrected chi connectivity index (χ1v) is 12.7. The van der Waals surface area contributed by atoms with Gasteiger partial charge >= 0.3 is 5.97 Å². The zero-order chi connectivity index (χ0) is 24.9. The van der Waals surface area contributed by atoms with Crippen LogP contribution in [0.15, 0.2) is 24.3 Å². The van der Waals surface area contributed by atoms with E-state index in [9.17, 15) is 4.79 Å². The number of hydrogen-bond donors (Lipinski definition) is 0. The SMILES string of the molecule is CCCCCC(C(=O)OCC)N(C)CCOCCOc1ccc(C(C)(C)CC(C)(C)C)cc1. The number of hydrogen-bond acceptors (Lipinski definition) is 5. The van der Waals surface area contributed by atoms with Crippen LogP contribution in [0.5, 0.6) is 5.75 Å². The minimum Gasteiger partial charge on any atom is -0.491 e. The fraction of sp³-hybridized carbons (Fsp3) is 0.750. The van der Waals surface area contributed by atoms with Crippen molar-refractivity contribution >= 4 is 5.97 Å². The Balaban J connectivity index is 2.37. The maximum Gasteiger partial charge on any atom is 0.323 e. The van der Waals surface area contributed by atoms with E-state index in [1.165, 1.54) is 5.56 Å². The van der Waals surface area contributed by atoms with Crippen LogP contribution in [0, 0.1) is 5.41 Å². The number of nitrogens with zero attached hydrogens (tertiary/aromatic N) is 1. The van der Waals surface area contributed by atoms with E-state index in [4.69, 9.17) is 14.2 Å². The third-order valence-corrected chi connectivity index (χ3v) is 5.86. The molecule has 0 fully saturated rings. The number of likely N-dealkylation sites (N-methyl/N-ethyl adjacent to an activating group) is 1. The van der Waals surface area contributed by atoms with Crippen LogP contribution in [0.25, 0.3) is 0 Å². The molecule has 5 nitrogen and oxygen atoms in total. The largest absolute Gasteiger partial charge is 0.491 e. The van der Waals surface area contributed by atoms with Gasteiger partial charge in [-0.2, -0.15) is 0 Å². The minimum atomic E-state index is -0.197. The van der Waals surface area contributed by atoms with E-state index in [-0.39, 0.29) is 22.8 Å². The molecule has 1 aromatic carbocycles. The lowest BCUT2D eigenvalue weighted by Crippen LogP contribution is -2.41. The van der Waals surface area contributed by atoms with Crippen LogP contribution in [0.1, 0.15) is 86.1 Å². The van der Waals surface area contributed by atoms with Gasteiger partial charge < -0.3 is 14.2 Å². The van der Waals surface area contributed by atoms with Gasteiger partial charge in [-0.25, -0.2) is 0 Å². The third kappa shape index (κ3) is 11.9. The highest BCUT2D eigenvalue weighted by atomic mass is 16.5. The van der Waals surface area contributed by atoms with Crippen LogP contribution in [0.2, 0.25) is 0 Å². The Labute approximate surface area is 203 Å². The van der Waals surface area contributed by atoms with Gasteiger partial charge in [0.25, 0.3) is 0 Å². The molecule has 0 bridgehead atoms. The van der Waals surface area contributed by atoms with Crippen molar-refractivity contribution in [1.82, 2.24) is 4.90 Å². The van der Waals surface area contributed by atoms with Gasteiger partial charge in [-0.05, 0) is 55.3 Å². The summed E-state index contributed by atoms with van der Waals surface area (Å²) in [5.74, 6) is 0.734. The lowest BCUT2D eigenvalue weighted by Gasteiger charge is -2.33. The molecule has 0 aromatic heterocycles. The van der Waals surface area contributed by atoms with Crippen molar-refractivity contribution in [3.8, 4) is 5.75 Å². The Kier molecular flexibility index (Phi) is 13.0. The number of carbonyl (C=O) groups is 1. The molecule has 0 aliphatic rings. The van der Waals surface area contributed by atoms with Crippen LogP contribution in [0.3, 0.4) is 0 Å². The smallest absolute Gasteiger partial charge is 0.323 e. The molecule has 1 rings (SSSR count). The van der Waals surface area contributed by atoms with E-state index in [1.807, 2.05) is 31.0 Å². The monoisotopic (exact) mass is 463 g/mol. The number of esters is 1. The average molecular weight is 464 g/mol. The summed E-state index contributed by atoms with van der Waals surface area (Å²) >= 11 is 0. The molecular weight excluding hydrogens is 414 g/mol. The molecule has 0 saturated carbocycles. The Hall–Kier alpha value is -1.59. The maximum atomic E-state index is 12.3. The molecule has 0 N–H and O–H groups in total. The molecule has 1 unspecified atom stereocenters. The molecule has 190 valence electrons. The van der Waals surface area contributed by atoms with Gasteiger partial charge in [-0.1, -0.05) is 72.9 Å². The molecule has 0 aliphatic carbocycles. The Morgan fingerprint density at radius 1 is 0.970 bits per heavy atom. The van der Waals surface area contributed by atoms with Gasteiger partial charge in [0.05, 0.1) is 19.8 Å². The zero-order valence-electron chi connectivity index (χ0n) is 22.5. The summed E-state index contributed by atoms with van der Waals surface area (Å²) in [6.07, 6.45) is 5.25. The summed E-state index contributed by atoms with van der Waals surface area (Å²) < 4.78 is 16.9. The number of unbranched alkanes of at least 4 members (excludes halogenated alkanes) is 2. The molecule has 0 aliphatic heterocycles. The van der Waals surface area contributed by atoms with Gasteiger partial charge in [0, 0.05) is 6.54 Å². The molecular formula is C28H49NO4. The number of carbonyl (C=O) groups excluding carboxylic acids is 1. The first-order valence-electron chi connectivity index (χ1n) is 12.7. The Morgan fingerprint density at radius 2 is 1.64 bits per heavy atom. The van der Waals surface area contributed by atoms with Gasteiger partial charge in [-0.3, -0.25) is 9.69 Å². The van der Waals surface area contributed by atoms with Crippen LogP contribution in [-0.4, -0.2) is 56.9 Å². The van der Waals surface area contributed by atoms with E-state index in [0.29, 0.717) is 33.0 Å². The first kappa shape index (κ1) is 29.4. The van der Waals surface area contributed by atoms with E-state index in [1.54, 1.807) is 0 Å². The highest BCUT2D eigenvalue weighted by Gasteiger charge is 2.27. The lowest BCUT2D eigenvalue weighted by molar-refractivity contribution is -0.149. The van der Waals surface area contributed by atoms with Crippen molar-refractivity contribution in [3.63, 3.8) is 0 Å². The summed E-state index contributed by atoms with van der Waals surface area (Å²) in [5, 5.41) is 0. The minimum absolute atomic E-state index is 0.129. The van der Waals surface area contributed by atoms with Gasteiger partial charge in [0.1, 0.15) is 18.4 Å². The average Bonchev–Trinajstić information content (AvgIpc) is 2.72. The second-order valence-corrected chi connectivity index (χ2v) is 10.9. The fourth-order valence-electron chi connectivity index (χ4n) is 4.46. The summed E-state index contributed by atoms with van der Waals surface area (Å²) in [7, 11) is 1.97. The van der Waals surface area contributed by atoms with Crippen molar-refractivity contribution in [2.75, 3.05) is 40.0 Å². The van der Waals surface area contributed by atoms with Crippen molar-refractivity contribution in [3.05, 3.63) is 29.8 Å². The van der Waals surface area contributed by atoms with E-state index >= 15 is 0 Å². The number of benzene rings is 1. The van der Waals surface area contributed by atoms with Gasteiger partial charge in [0.2, 0.25) is 0 Å². The lowest BCUT2D eigenvalue weighted by atomic mass is 9.72. The second-order valence-electron chi connectivity index (χ2n) is 10.9. The molecule has 1 atom stereocenters. The van der Waals surface area contributed by atoms with E-state index < -0.39 is 0 Å². The standard InChI is InChI=1S/C28H49NO4/c1-9-11-12-13-25(26(30)32-10-2)29(8)18-19-31-20-21-33-24-16-14-23(15-17-24)28(6,7)22-27(3,4)5/h14-17,25H,9-13,18-22H2,1-8H3. The molecule has 5 heteroatoms. The molecule has 1 aromatic rings. The van der Waals surface area contributed by atoms with E-state index in [0.717, 1.165) is 37.9 Å². The molecule has 0 heterocycles. The second kappa shape index (κ2) is 14.6. The highest BCUT2D eigenvalue weighted by Crippen LogP contribution is 2.36. The van der Waals surface area contributed by atoms with Crippen LogP contribution in [-0.2, 0) is 19.7 Å². The zero-order valence-corrected chi connectivity index (χ0v) is 22.5. The fourth-order valence-corrected chi connectivity index (χ4v) is 4.46. The quantitative estimate of drug-likeness (QED) is 0.214. The molecule has 0 saturated heterocycles. The number of rotatable bonds is 16. The predicted octanol–water partition coefficient (Wildman–Crippen LogP) is 6.24. The van der Waals surface area contributed by atoms with Crippen LogP contribution in [0.4, 0.5) is 0 Å². The van der Waals surface area contributed by atoms with E-state index in [2.05, 4.69) is 53.7 Å². The van der Waals surface area contributed by atoms with Crippen LogP contribution < -0.4 is 4.74 Å². The highest BCUT2D eigenvalue weighted by molar-refractivity contribution is 5.75. The van der Waals surface area contributed by atoms with Crippen LogP contribution >= 0.6 is 0 Å². The molecule has 33 heavy (non-hydrogen) atoms. The van der Waals surface area contributed by atoms with Crippen molar-refractivity contribution in [1.29, 1.82) is 0 Å². The maximum absolute atomic E-state index is 12.3. The molecule has 0 radical (unpaired) electrons. The summed E-state index contributed by atoms with van der Waals surface area (Å²) in [6.45, 7) is 18.2. The first-order chi connectivity index (χ1) is 15.5. The Morgan fingerprint density at radius 3 is 2.21 bits per heavy atom.